The normalized spacial score (nSPS) is 19.3. The molecule has 1 aliphatic rings. The Hall–Kier alpha value is -2.51. The molecule has 0 saturated heterocycles. The van der Waals surface area contributed by atoms with Crippen LogP contribution in [0.3, 0.4) is 0 Å². The van der Waals surface area contributed by atoms with Gasteiger partial charge in [0.2, 0.25) is 5.76 Å². The summed E-state index contributed by atoms with van der Waals surface area (Å²) < 4.78 is 40.1. The van der Waals surface area contributed by atoms with Crippen LogP contribution >= 0.6 is 11.6 Å². The molecule has 8 heteroatoms. The molecule has 0 N–H and O–H groups in total. The lowest BCUT2D eigenvalue weighted by Crippen LogP contribution is -2.26. The first-order chi connectivity index (χ1) is 13.6. The third kappa shape index (κ3) is 4.11. The van der Waals surface area contributed by atoms with Crippen molar-refractivity contribution in [1.82, 2.24) is 0 Å². The van der Waals surface area contributed by atoms with Gasteiger partial charge in [0, 0.05) is 12.3 Å². The number of esters is 1. The van der Waals surface area contributed by atoms with E-state index < -0.39 is 21.4 Å². The molecule has 1 heterocycles. The fraction of sp³-hybridized carbons (Fsp3) is 0.286. The summed E-state index contributed by atoms with van der Waals surface area (Å²) >= 11 is 6.15. The summed E-state index contributed by atoms with van der Waals surface area (Å²) in [5, 5.41) is 0.342. The lowest BCUT2D eigenvalue weighted by Gasteiger charge is -2.24. The van der Waals surface area contributed by atoms with Crippen LogP contribution in [0.5, 0.6) is 11.5 Å². The fourth-order valence-corrected chi connectivity index (χ4v) is 4.00. The number of benzene rings is 2. The van der Waals surface area contributed by atoms with E-state index in [1.54, 1.807) is 37.3 Å². The maximum atomic E-state index is 12.6. The van der Waals surface area contributed by atoms with Crippen LogP contribution < -0.4 is 9.47 Å². The molecule has 6 nitrogen and oxygen atoms in total. The van der Waals surface area contributed by atoms with Crippen LogP contribution in [-0.4, -0.2) is 33.4 Å². The van der Waals surface area contributed by atoms with Crippen molar-refractivity contribution >= 4 is 33.0 Å². The summed E-state index contributed by atoms with van der Waals surface area (Å²) in [7, 11) is -1.83. The van der Waals surface area contributed by atoms with E-state index in [2.05, 4.69) is 0 Å². The molecule has 0 aromatic heterocycles. The summed E-state index contributed by atoms with van der Waals surface area (Å²) in [6, 6.07) is 11.1. The van der Waals surface area contributed by atoms with Gasteiger partial charge in [-0.25, -0.2) is 13.2 Å². The van der Waals surface area contributed by atoms with Gasteiger partial charge in [0.25, 0.3) is 0 Å². The molecule has 0 saturated carbocycles. The molecular formula is C21H21ClO6S. The van der Waals surface area contributed by atoms with Crippen LogP contribution in [-0.2, 0) is 19.4 Å². The molecule has 0 amide bonds. The second-order valence-corrected chi connectivity index (χ2v) is 9.30. The number of carbonyl (C=O) groups excluding carboxylic acids is 1. The third-order valence-corrected chi connectivity index (χ3v) is 6.27. The Bertz CT molecular complexity index is 1090. The number of cyclic esters (lactones) is 1. The van der Waals surface area contributed by atoms with Crippen LogP contribution in [0, 0.1) is 0 Å². The second kappa shape index (κ2) is 7.72. The van der Waals surface area contributed by atoms with E-state index in [1.165, 1.54) is 19.2 Å². The smallest absolute Gasteiger partial charge is 0.375 e. The predicted molar refractivity (Wildman–Crippen MR) is 110 cm³/mol. The van der Waals surface area contributed by atoms with Crippen molar-refractivity contribution in [1.29, 1.82) is 0 Å². The Balaban J connectivity index is 2.10. The van der Waals surface area contributed by atoms with Crippen molar-refractivity contribution in [2.24, 2.45) is 0 Å². The van der Waals surface area contributed by atoms with Crippen molar-refractivity contribution in [2.75, 3.05) is 13.4 Å². The maximum absolute atomic E-state index is 12.6. The lowest BCUT2D eigenvalue weighted by molar-refractivity contribution is -0.147. The molecule has 0 spiro atoms. The van der Waals surface area contributed by atoms with Gasteiger partial charge < -0.3 is 14.2 Å². The quantitative estimate of drug-likeness (QED) is 0.629. The Morgan fingerprint density at radius 3 is 2.31 bits per heavy atom. The number of halogens is 1. The van der Waals surface area contributed by atoms with E-state index >= 15 is 0 Å². The van der Waals surface area contributed by atoms with E-state index in [1.807, 2.05) is 6.92 Å². The van der Waals surface area contributed by atoms with Crippen molar-refractivity contribution in [2.45, 2.75) is 30.8 Å². The van der Waals surface area contributed by atoms with Crippen LogP contribution in [0.1, 0.15) is 25.8 Å². The molecule has 1 aliphatic heterocycles. The van der Waals surface area contributed by atoms with Crippen LogP contribution in [0.2, 0.25) is 5.02 Å². The minimum atomic E-state index is -3.33. The standard InChI is InChI=1S/C21H21ClO6S/c1-5-21(2)18(13-6-9-15(10-7-13)29(4,24)25)19(20(23)28-21)27-14-8-11-17(26-3)16(22)12-14/h6-12H,5H2,1-4H3/t21-/m0/s1. The molecule has 29 heavy (non-hydrogen) atoms. The molecule has 0 aliphatic carbocycles. The molecule has 1 atom stereocenters. The number of sulfone groups is 1. The Morgan fingerprint density at radius 1 is 1.14 bits per heavy atom. The van der Waals surface area contributed by atoms with Gasteiger partial charge in [-0.2, -0.15) is 0 Å². The van der Waals surface area contributed by atoms with E-state index in [0.29, 0.717) is 34.1 Å². The van der Waals surface area contributed by atoms with Crippen molar-refractivity contribution in [3.8, 4) is 11.5 Å². The van der Waals surface area contributed by atoms with Crippen molar-refractivity contribution < 1.29 is 27.4 Å². The van der Waals surface area contributed by atoms with Gasteiger partial charge in [0.15, 0.2) is 9.84 Å². The topological polar surface area (TPSA) is 78.9 Å². The first-order valence-corrected chi connectivity index (χ1v) is 11.2. The fourth-order valence-electron chi connectivity index (χ4n) is 3.12. The SMILES string of the molecule is CC[C@]1(C)OC(=O)C(Oc2ccc(OC)c(Cl)c2)=C1c1ccc(S(C)(=O)=O)cc1. The Labute approximate surface area is 175 Å². The highest BCUT2D eigenvalue weighted by Gasteiger charge is 2.45. The monoisotopic (exact) mass is 436 g/mol. The van der Waals surface area contributed by atoms with Crippen molar-refractivity contribution in [3.63, 3.8) is 0 Å². The lowest BCUT2D eigenvalue weighted by atomic mass is 9.88. The third-order valence-electron chi connectivity index (χ3n) is 4.85. The molecule has 0 bridgehead atoms. The van der Waals surface area contributed by atoms with Gasteiger partial charge in [-0.1, -0.05) is 30.7 Å². The largest absolute Gasteiger partial charge is 0.495 e. The highest BCUT2D eigenvalue weighted by molar-refractivity contribution is 7.90. The number of hydrogen-bond donors (Lipinski definition) is 0. The second-order valence-electron chi connectivity index (χ2n) is 6.87. The molecule has 154 valence electrons. The van der Waals surface area contributed by atoms with Crippen LogP contribution in [0.25, 0.3) is 5.57 Å². The first-order valence-electron chi connectivity index (χ1n) is 8.89. The summed E-state index contributed by atoms with van der Waals surface area (Å²) in [5.74, 6) is 0.288. The number of hydrogen-bond acceptors (Lipinski definition) is 6. The molecule has 2 aromatic carbocycles. The van der Waals surface area contributed by atoms with E-state index in [4.69, 9.17) is 25.8 Å². The average Bonchev–Trinajstić information content (AvgIpc) is 2.92. The van der Waals surface area contributed by atoms with E-state index in [9.17, 15) is 13.2 Å². The van der Waals surface area contributed by atoms with Gasteiger partial charge in [-0.05, 0) is 43.2 Å². The summed E-state index contributed by atoms with van der Waals surface area (Å²) in [4.78, 5) is 12.8. The summed E-state index contributed by atoms with van der Waals surface area (Å²) in [6.07, 6.45) is 1.65. The van der Waals surface area contributed by atoms with Crippen LogP contribution in [0.4, 0.5) is 0 Å². The van der Waals surface area contributed by atoms with E-state index in [0.717, 1.165) is 6.26 Å². The number of ether oxygens (including phenoxy) is 3. The van der Waals surface area contributed by atoms with E-state index in [-0.39, 0.29) is 10.7 Å². The zero-order valence-electron chi connectivity index (χ0n) is 16.5. The molecule has 0 unspecified atom stereocenters. The number of rotatable bonds is 6. The molecule has 2 aromatic rings. The highest BCUT2D eigenvalue weighted by atomic mass is 35.5. The van der Waals surface area contributed by atoms with Gasteiger partial charge in [-0.15, -0.1) is 0 Å². The van der Waals surface area contributed by atoms with Gasteiger partial charge >= 0.3 is 5.97 Å². The van der Waals surface area contributed by atoms with Gasteiger partial charge in [0.1, 0.15) is 17.1 Å². The molecule has 0 radical (unpaired) electrons. The average molecular weight is 437 g/mol. The number of methoxy groups -OCH3 is 1. The zero-order chi connectivity index (χ0) is 21.4. The Morgan fingerprint density at radius 2 is 1.79 bits per heavy atom. The minimum Gasteiger partial charge on any atom is -0.495 e. The van der Waals surface area contributed by atoms with Gasteiger partial charge in [-0.3, -0.25) is 0 Å². The summed E-state index contributed by atoms with van der Waals surface area (Å²) in [6.45, 7) is 3.69. The minimum absolute atomic E-state index is 0.0442. The first kappa shape index (κ1) is 21.2. The van der Waals surface area contributed by atoms with Crippen molar-refractivity contribution in [3.05, 3.63) is 58.8 Å². The summed E-state index contributed by atoms with van der Waals surface area (Å²) in [5.41, 5.74) is 0.286. The van der Waals surface area contributed by atoms with Crippen LogP contribution in [0.15, 0.2) is 53.1 Å². The molecule has 0 fully saturated rings. The maximum Gasteiger partial charge on any atom is 0.375 e. The highest BCUT2D eigenvalue weighted by Crippen LogP contribution is 2.43. The Kier molecular flexibility index (Phi) is 5.65. The van der Waals surface area contributed by atoms with Gasteiger partial charge in [0.05, 0.1) is 22.6 Å². The number of carbonyl (C=O) groups is 1. The molecular weight excluding hydrogens is 416 g/mol. The zero-order valence-corrected chi connectivity index (χ0v) is 18.1. The predicted octanol–water partition coefficient (Wildman–Crippen LogP) is 4.27. The molecule has 3 rings (SSSR count).